The van der Waals surface area contributed by atoms with Crippen molar-refractivity contribution in [1.29, 1.82) is 0 Å². The van der Waals surface area contributed by atoms with Crippen LogP contribution >= 0.6 is 0 Å². The molecule has 0 spiro atoms. The molecule has 3 rings (SSSR count). The Morgan fingerprint density at radius 1 is 1.04 bits per heavy atom. The van der Waals surface area contributed by atoms with Crippen LogP contribution in [0, 0.1) is 5.92 Å². The van der Waals surface area contributed by atoms with E-state index in [2.05, 4.69) is 4.72 Å². The molecule has 1 heterocycles. The first-order chi connectivity index (χ1) is 12.8. The lowest BCUT2D eigenvalue weighted by molar-refractivity contribution is 0.1000. The number of hydrogen-bond donors (Lipinski definition) is 2. The van der Waals surface area contributed by atoms with E-state index in [-0.39, 0.29) is 16.4 Å². The largest absolute Gasteiger partial charge is 0.486 e. The fourth-order valence-electron chi connectivity index (χ4n) is 2.88. The molecule has 0 bridgehead atoms. The molecule has 27 heavy (non-hydrogen) atoms. The zero-order valence-electron chi connectivity index (χ0n) is 15.1. The Kier molecular flexibility index (Phi) is 5.38. The van der Waals surface area contributed by atoms with Crippen molar-refractivity contribution in [3.8, 4) is 11.5 Å². The van der Waals surface area contributed by atoms with Gasteiger partial charge in [-0.25, -0.2) is 13.1 Å². The predicted molar refractivity (Wildman–Crippen MR) is 100 cm³/mol. The molecule has 0 unspecified atom stereocenters. The first-order valence-corrected chi connectivity index (χ1v) is 10.1. The Hall–Kier alpha value is -2.58. The van der Waals surface area contributed by atoms with Crippen molar-refractivity contribution in [2.45, 2.75) is 24.8 Å². The quantitative estimate of drug-likeness (QED) is 0.786. The van der Waals surface area contributed by atoms with Gasteiger partial charge in [0.2, 0.25) is 15.9 Å². The minimum absolute atomic E-state index is 0.00720. The minimum atomic E-state index is -3.79. The lowest BCUT2D eigenvalue weighted by atomic mass is 9.97. The SMILES string of the molecule is CC(C)[C@H](NS(=O)(=O)c1ccc(C(N)=O)cc1)c1ccc2c(c1)OCCO2. The second kappa shape index (κ2) is 7.58. The number of sulfonamides is 1. The summed E-state index contributed by atoms with van der Waals surface area (Å²) in [6.07, 6.45) is 0. The van der Waals surface area contributed by atoms with E-state index in [1.54, 1.807) is 12.1 Å². The van der Waals surface area contributed by atoms with E-state index in [1.165, 1.54) is 24.3 Å². The zero-order valence-corrected chi connectivity index (χ0v) is 16.0. The summed E-state index contributed by atoms with van der Waals surface area (Å²) in [5, 5.41) is 0. The highest BCUT2D eigenvalue weighted by Crippen LogP contribution is 2.35. The van der Waals surface area contributed by atoms with Gasteiger partial charge in [-0.2, -0.15) is 0 Å². The maximum Gasteiger partial charge on any atom is 0.248 e. The average Bonchev–Trinajstić information content (AvgIpc) is 2.65. The summed E-state index contributed by atoms with van der Waals surface area (Å²) in [5.74, 6) is 0.641. The smallest absolute Gasteiger partial charge is 0.248 e. The van der Waals surface area contributed by atoms with Gasteiger partial charge in [0.25, 0.3) is 0 Å². The van der Waals surface area contributed by atoms with Crippen molar-refractivity contribution in [2.75, 3.05) is 13.2 Å². The van der Waals surface area contributed by atoms with E-state index < -0.39 is 22.0 Å². The molecule has 0 fully saturated rings. The van der Waals surface area contributed by atoms with E-state index in [4.69, 9.17) is 15.2 Å². The molecule has 0 saturated carbocycles. The van der Waals surface area contributed by atoms with Crippen molar-refractivity contribution >= 4 is 15.9 Å². The van der Waals surface area contributed by atoms with Gasteiger partial charge in [0.1, 0.15) is 13.2 Å². The highest BCUT2D eigenvalue weighted by molar-refractivity contribution is 7.89. The summed E-state index contributed by atoms with van der Waals surface area (Å²) in [6, 6.07) is 10.5. The van der Waals surface area contributed by atoms with Crippen LogP contribution in [0.5, 0.6) is 11.5 Å². The molecule has 3 N–H and O–H groups in total. The van der Waals surface area contributed by atoms with Crippen LogP contribution < -0.4 is 19.9 Å². The van der Waals surface area contributed by atoms with E-state index in [0.29, 0.717) is 24.7 Å². The van der Waals surface area contributed by atoms with E-state index >= 15 is 0 Å². The fourth-order valence-corrected chi connectivity index (χ4v) is 4.25. The van der Waals surface area contributed by atoms with Crippen molar-refractivity contribution < 1.29 is 22.7 Å². The fraction of sp³-hybridized carbons (Fsp3) is 0.316. The number of nitrogens with two attached hydrogens (primary N) is 1. The maximum absolute atomic E-state index is 12.8. The van der Waals surface area contributed by atoms with Gasteiger partial charge in [-0.05, 0) is 47.9 Å². The zero-order chi connectivity index (χ0) is 19.6. The van der Waals surface area contributed by atoms with Crippen LogP contribution in [-0.4, -0.2) is 27.5 Å². The minimum Gasteiger partial charge on any atom is -0.486 e. The van der Waals surface area contributed by atoms with Crippen LogP contribution in [0.1, 0.15) is 35.8 Å². The highest BCUT2D eigenvalue weighted by Gasteiger charge is 2.25. The van der Waals surface area contributed by atoms with E-state index in [0.717, 1.165) is 5.56 Å². The van der Waals surface area contributed by atoms with Gasteiger partial charge in [-0.15, -0.1) is 0 Å². The van der Waals surface area contributed by atoms with Crippen LogP contribution in [0.25, 0.3) is 0 Å². The third-order valence-electron chi connectivity index (χ3n) is 4.32. The molecule has 8 heteroatoms. The van der Waals surface area contributed by atoms with Crippen LogP contribution in [0.4, 0.5) is 0 Å². The Balaban J connectivity index is 1.88. The van der Waals surface area contributed by atoms with Gasteiger partial charge in [0.15, 0.2) is 11.5 Å². The number of ether oxygens (including phenoxy) is 2. The predicted octanol–water partition coefficient (Wildman–Crippen LogP) is 2.23. The number of carbonyl (C=O) groups is 1. The molecule has 1 amide bonds. The maximum atomic E-state index is 12.8. The summed E-state index contributed by atoms with van der Waals surface area (Å²) in [6.45, 7) is 4.81. The van der Waals surface area contributed by atoms with Gasteiger partial charge < -0.3 is 15.2 Å². The lowest BCUT2D eigenvalue weighted by Crippen LogP contribution is -2.32. The summed E-state index contributed by atoms with van der Waals surface area (Å²) < 4.78 is 39.5. The number of rotatable bonds is 6. The highest BCUT2D eigenvalue weighted by atomic mass is 32.2. The Labute approximate surface area is 158 Å². The molecule has 7 nitrogen and oxygen atoms in total. The number of carbonyl (C=O) groups excluding carboxylic acids is 1. The summed E-state index contributed by atoms with van der Waals surface area (Å²) in [4.78, 5) is 11.2. The van der Waals surface area contributed by atoms with Crippen molar-refractivity contribution in [3.63, 3.8) is 0 Å². The summed E-state index contributed by atoms with van der Waals surface area (Å²) in [7, 11) is -3.79. The Morgan fingerprint density at radius 2 is 1.67 bits per heavy atom. The standard InChI is InChI=1S/C19H22N2O5S/c1-12(2)18(14-5-8-16-17(11-14)26-10-9-25-16)21-27(23,24)15-6-3-13(4-7-15)19(20)22/h3-8,11-12,18,21H,9-10H2,1-2H3,(H2,20,22)/t18-/m0/s1. The lowest BCUT2D eigenvalue weighted by Gasteiger charge is -2.25. The monoisotopic (exact) mass is 390 g/mol. The molecule has 1 aliphatic heterocycles. The molecule has 2 aromatic carbocycles. The van der Waals surface area contributed by atoms with Gasteiger partial charge in [-0.1, -0.05) is 19.9 Å². The first kappa shape index (κ1) is 19.2. The molecule has 0 aliphatic carbocycles. The third kappa shape index (κ3) is 4.23. The molecule has 144 valence electrons. The normalized spacial score (nSPS) is 14.8. The van der Waals surface area contributed by atoms with Crippen LogP contribution in [0.15, 0.2) is 47.4 Å². The molecular weight excluding hydrogens is 368 g/mol. The molecule has 0 saturated heterocycles. The molecule has 2 aromatic rings. The van der Waals surface area contributed by atoms with Gasteiger partial charge in [-0.3, -0.25) is 4.79 Å². The third-order valence-corrected chi connectivity index (χ3v) is 5.78. The van der Waals surface area contributed by atoms with Crippen LogP contribution in [0.3, 0.4) is 0 Å². The van der Waals surface area contributed by atoms with Gasteiger partial charge in [0, 0.05) is 11.6 Å². The van der Waals surface area contributed by atoms with Crippen molar-refractivity contribution in [1.82, 2.24) is 4.72 Å². The Bertz CT molecular complexity index is 939. The van der Waals surface area contributed by atoms with Crippen LogP contribution in [0.2, 0.25) is 0 Å². The van der Waals surface area contributed by atoms with E-state index in [1.807, 2.05) is 19.9 Å². The number of nitrogens with one attached hydrogen (secondary N) is 1. The number of fused-ring (bicyclic) bond motifs is 1. The number of primary amides is 1. The molecule has 0 aromatic heterocycles. The molecule has 1 atom stereocenters. The molecular formula is C19H22N2O5S. The second-order valence-electron chi connectivity index (χ2n) is 6.63. The number of benzene rings is 2. The van der Waals surface area contributed by atoms with E-state index in [9.17, 15) is 13.2 Å². The summed E-state index contributed by atoms with van der Waals surface area (Å²) in [5.41, 5.74) is 6.23. The first-order valence-electron chi connectivity index (χ1n) is 8.59. The van der Waals surface area contributed by atoms with Gasteiger partial charge >= 0.3 is 0 Å². The number of amides is 1. The second-order valence-corrected chi connectivity index (χ2v) is 8.35. The number of hydrogen-bond acceptors (Lipinski definition) is 5. The van der Waals surface area contributed by atoms with Crippen LogP contribution in [-0.2, 0) is 10.0 Å². The molecule has 0 radical (unpaired) electrons. The Morgan fingerprint density at radius 3 is 2.26 bits per heavy atom. The molecule has 1 aliphatic rings. The average molecular weight is 390 g/mol. The van der Waals surface area contributed by atoms with Crippen molar-refractivity contribution in [3.05, 3.63) is 53.6 Å². The summed E-state index contributed by atoms with van der Waals surface area (Å²) >= 11 is 0. The van der Waals surface area contributed by atoms with Gasteiger partial charge in [0.05, 0.1) is 4.90 Å². The van der Waals surface area contributed by atoms with Crippen molar-refractivity contribution in [2.24, 2.45) is 11.7 Å². The topological polar surface area (TPSA) is 108 Å².